The largest absolute Gasteiger partial charge is 0.299 e. The van der Waals surface area contributed by atoms with Crippen molar-refractivity contribution in [1.82, 2.24) is 4.90 Å². The Hall–Kier alpha value is -1.15. The van der Waals surface area contributed by atoms with Crippen molar-refractivity contribution in [2.24, 2.45) is 0 Å². The van der Waals surface area contributed by atoms with Crippen molar-refractivity contribution >= 4 is 5.78 Å². The van der Waals surface area contributed by atoms with Gasteiger partial charge in [-0.25, -0.2) is 0 Å². The third-order valence-electron chi connectivity index (χ3n) is 4.20. The zero-order valence-electron chi connectivity index (χ0n) is 10.1. The molecule has 2 nitrogen and oxygen atoms in total. The van der Waals surface area contributed by atoms with E-state index in [0.29, 0.717) is 11.8 Å². The van der Waals surface area contributed by atoms with Crippen LogP contribution in [0.1, 0.15) is 37.2 Å². The Bertz CT molecular complexity index is 401. The van der Waals surface area contributed by atoms with Crippen molar-refractivity contribution in [3.8, 4) is 0 Å². The van der Waals surface area contributed by atoms with E-state index in [1.807, 2.05) is 18.2 Å². The van der Waals surface area contributed by atoms with Crippen LogP contribution in [0.3, 0.4) is 0 Å². The third kappa shape index (κ3) is 2.02. The maximum atomic E-state index is 12.2. The van der Waals surface area contributed by atoms with Crippen molar-refractivity contribution in [3.63, 3.8) is 0 Å². The van der Waals surface area contributed by atoms with Crippen molar-refractivity contribution < 1.29 is 4.79 Å². The second-order valence-electron chi connectivity index (χ2n) is 5.20. The van der Waals surface area contributed by atoms with E-state index < -0.39 is 0 Å². The zero-order chi connectivity index (χ0) is 11.7. The number of piperidine rings is 2. The number of fused-ring (bicyclic) bond motifs is 1. The molecule has 2 heteroatoms. The highest BCUT2D eigenvalue weighted by Gasteiger charge is 2.38. The fourth-order valence-electron chi connectivity index (χ4n) is 3.36. The molecule has 2 atom stereocenters. The molecule has 1 aromatic carbocycles. The highest BCUT2D eigenvalue weighted by atomic mass is 16.1. The fraction of sp³-hybridized carbons (Fsp3) is 0.533. The highest BCUT2D eigenvalue weighted by Crippen LogP contribution is 2.35. The van der Waals surface area contributed by atoms with E-state index >= 15 is 0 Å². The molecule has 90 valence electrons. The lowest BCUT2D eigenvalue weighted by atomic mass is 9.78. The van der Waals surface area contributed by atoms with Gasteiger partial charge in [-0.05, 0) is 24.9 Å². The van der Waals surface area contributed by atoms with Gasteiger partial charge in [0.1, 0.15) is 5.78 Å². The average molecular weight is 229 g/mol. The van der Waals surface area contributed by atoms with Crippen LogP contribution in [0.15, 0.2) is 30.3 Å². The van der Waals surface area contributed by atoms with Gasteiger partial charge in [0.2, 0.25) is 0 Å². The van der Waals surface area contributed by atoms with Gasteiger partial charge in [-0.1, -0.05) is 36.8 Å². The van der Waals surface area contributed by atoms with E-state index in [1.165, 1.54) is 31.4 Å². The number of nitrogens with zero attached hydrogens (tertiary/aromatic N) is 1. The van der Waals surface area contributed by atoms with E-state index in [0.717, 1.165) is 13.0 Å². The second kappa shape index (κ2) is 4.61. The van der Waals surface area contributed by atoms with Crippen LogP contribution in [-0.2, 0) is 4.79 Å². The maximum absolute atomic E-state index is 12.2. The topological polar surface area (TPSA) is 20.3 Å². The van der Waals surface area contributed by atoms with E-state index in [9.17, 15) is 4.79 Å². The van der Waals surface area contributed by atoms with E-state index in [4.69, 9.17) is 0 Å². The molecular formula is C15H19NO. The normalized spacial score (nSPS) is 30.0. The van der Waals surface area contributed by atoms with Gasteiger partial charge in [-0.2, -0.15) is 0 Å². The molecule has 2 fully saturated rings. The number of carbonyl (C=O) groups excluding carboxylic acids is 1. The highest BCUT2D eigenvalue weighted by molar-refractivity contribution is 5.87. The lowest BCUT2D eigenvalue weighted by Crippen LogP contribution is -2.50. The van der Waals surface area contributed by atoms with Crippen molar-refractivity contribution in [1.29, 1.82) is 0 Å². The molecule has 0 bridgehead atoms. The summed E-state index contributed by atoms with van der Waals surface area (Å²) in [6.07, 6.45) is 4.49. The second-order valence-corrected chi connectivity index (χ2v) is 5.20. The third-order valence-corrected chi connectivity index (χ3v) is 4.20. The lowest BCUT2D eigenvalue weighted by Gasteiger charge is -2.43. The van der Waals surface area contributed by atoms with Crippen LogP contribution in [0.25, 0.3) is 0 Å². The molecule has 0 spiro atoms. The minimum absolute atomic E-state index is 0.130. The quantitative estimate of drug-likeness (QED) is 0.737. The fourth-order valence-corrected chi connectivity index (χ4v) is 3.36. The van der Waals surface area contributed by atoms with E-state index in [1.54, 1.807) is 0 Å². The van der Waals surface area contributed by atoms with Gasteiger partial charge < -0.3 is 0 Å². The SMILES string of the molecule is O=C1CCN2CCCC[C@@H]2[C@H]1c1ccccc1. The maximum Gasteiger partial charge on any atom is 0.143 e. The van der Waals surface area contributed by atoms with Crippen molar-refractivity contribution in [2.75, 3.05) is 13.1 Å². The Labute approximate surface area is 103 Å². The van der Waals surface area contributed by atoms with Crippen LogP contribution in [0, 0.1) is 0 Å². The average Bonchev–Trinajstić information content (AvgIpc) is 2.39. The van der Waals surface area contributed by atoms with Gasteiger partial charge in [0.25, 0.3) is 0 Å². The van der Waals surface area contributed by atoms with E-state index in [-0.39, 0.29) is 5.92 Å². The van der Waals surface area contributed by atoms with Crippen LogP contribution in [-0.4, -0.2) is 29.8 Å². The molecule has 1 aromatic rings. The summed E-state index contributed by atoms with van der Waals surface area (Å²) in [6, 6.07) is 10.8. The first-order valence-corrected chi connectivity index (χ1v) is 6.68. The van der Waals surface area contributed by atoms with Crippen molar-refractivity contribution in [3.05, 3.63) is 35.9 Å². The summed E-state index contributed by atoms with van der Waals surface area (Å²) in [5.74, 6) is 0.574. The summed E-state index contributed by atoms with van der Waals surface area (Å²) in [6.45, 7) is 2.16. The predicted octanol–water partition coefficient (Wildman–Crippen LogP) is 2.60. The Morgan fingerprint density at radius 2 is 1.88 bits per heavy atom. The van der Waals surface area contributed by atoms with Crippen LogP contribution in [0.2, 0.25) is 0 Å². The molecule has 0 amide bonds. The monoisotopic (exact) mass is 229 g/mol. The minimum atomic E-state index is 0.130. The molecule has 0 unspecified atom stereocenters. The molecule has 2 aliphatic rings. The number of ketones is 1. The van der Waals surface area contributed by atoms with Gasteiger partial charge in [0.15, 0.2) is 0 Å². The Kier molecular flexibility index (Phi) is 2.98. The molecule has 2 saturated heterocycles. The smallest absolute Gasteiger partial charge is 0.143 e. The zero-order valence-corrected chi connectivity index (χ0v) is 10.1. The van der Waals surface area contributed by atoms with Crippen molar-refractivity contribution in [2.45, 2.75) is 37.6 Å². The summed E-state index contributed by atoms with van der Waals surface area (Å²) in [7, 11) is 0. The predicted molar refractivity (Wildman–Crippen MR) is 68.0 cm³/mol. The van der Waals surface area contributed by atoms with Crippen LogP contribution < -0.4 is 0 Å². The number of Topliss-reactive ketones (excluding diaryl/α,β-unsaturated/α-hetero) is 1. The summed E-state index contributed by atoms with van der Waals surface area (Å²) >= 11 is 0. The number of rotatable bonds is 1. The molecule has 0 aliphatic carbocycles. The summed E-state index contributed by atoms with van der Waals surface area (Å²) in [5.41, 5.74) is 1.22. The molecule has 0 aromatic heterocycles. The lowest BCUT2D eigenvalue weighted by molar-refractivity contribution is -0.126. The number of carbonyl (C=O) groups is 1. The number of benzene rings is 1. The van der Waals surface area contributed by atoms with Crippen LogP contribution in [0.5, 0.6) is 0 Å². The molecule has 3 rings (SSSR count). The number of hydrogen-bond donors (Lipinski definition) is 0. The molecule has 2 heterocycles. The van der Waals surface area contributed by atoms with E-state index in [2.05, 4.69) is 17.0 Å². The molecular weight excluding hydrogens is 210 g/mol. The van der Waals surface area contributed by atoms with Gasteiger partial charge in [-0.3, -0.25) is 9.69 Å². The minimum Gasteiger partial charge on any atom is -0.299 e. The molecule has 0 N–H and O–H groups in total. The Balaban J connectivity index is 1.91. The van der Waals surface area contributed by atoms with Crippen LogP contribution >= 0.6 is 0 Å². The molecule has 17 heavy (non-hydrogen) atoms. The van der Waals surface area contributed by atoms with Gasteiger partial charge in [0, 0.05) is 19.0 Å². The van der Waals surface area contributed by atoms with Gasteiger partial charge in [-0.15, -0.1) is 0 Å². The Morgan fingerprint density at radius 1 is 1.06 bits per heavy atom. The summed E-state index contributed by atoms with van der Waals surface area (Å²) in [5, 5.41) is 0. The summed E-state index contributed by atoms with van der Waals surface area (Å²) in [4.78, 5) is 14.8. The number of hydrogen-bond acceptors (Lipinski definition) is 2. The molecule has 2 aliphatic heterocycles. The first-order chi connectivity index (χ1) is 8.36. The Morgan fingerprint density at radius 3 is 2.71 bits per heavy atom. The standard InChI is InChI=1S/C15H19NO/c17-14-9-11-16-10-5-4-8-13(16)15(14)12-6-2-1-3-7-12/h1-3,6-7,13,15H,4-5,8-11H2/t13-,15-/m1/s1. The molecule has 0 radical (unpaired) electrons. The molecule has 0 saturated carbocycles. The van der Waals surface area contributed by atoms with Gasteiger partial charge in [0.05, 0.1) is 5.92 Å². The van der Waals surface area contributed by atoms with Gasteiger partial charge >= 0.3 is 0 Å². The summed E-state index contributed by atoms with van der Waals surface area (Å²) < 4.78 is 0. The first-order valence-electron chi connectivity index (χ1n) is 6.68. The van der Waals surface area contributed by atoms with Crippen LogP contribution in [0.4, 0.5) is 0 Å². The first kappa shape index (κ1) is 11.0.